The van der Waals surface area contributed by atoms with E-state index in [4.69, 9.17) is 14.2 Å². The fourth-order valence-corrected chi connectivity index (χ4v) is 3.14. The summed E-state index contributed by atoms with van der Waals surface area (Å²) in [5.41, 5.74) is 2.44. The largest absolute Gasteiger partial charge is 0.489 e. The van der Waals surface area contributed by atoms with Crippen molar-refractivity contribution in [3.63, 3.8) is 0 Å². The lowest BCUT2D eigenvalue weighted by Crippen LogP contribution is -2.25. The van der Waals surface area contributed by atoms with Gasteiger partial charge in [0.1, 0.15) is 31.4 Å². The van der Waals surface area contributed by atoms with Gasteiger partial charge in [0.05, 0.1) is 0 Å². The van der Waals surface area contributed by atoms with Crippen molar-refractivity contribution in [1.82, 2.24) is 5.32 Å². The summed E-state index contributed by atoms with van der Waals surface area (Å²) in [6.45, 7) is 1.91. The van der Waals surface area contributed by atoms with Crippen molar-refractivity contribution >= 4 is 5.91 Å². The summed E-state index contributed by atoms with van der Waals surface area (Å²) in [6.07, 6.45) is 0.684. The van der Waals surface area contributed by atoms with E-state index in [1.165, 1.54) is 12.1 Å². The van der Waals surface area contributed by atoms with Crippen molar-refractivity contribution in [3.05, 3.63) is 89.2 Å². The second kappa shape index (κ2) is 9.31. The predicted molar refractivity (Wildman–Crippen MR) is 111 cm³/mol. The number of rotatable bonds is 7. The van der Waals surface area contributed by atoms with Gasteiger partial charge in [-0.15, -0.1) is 0 Å². The van der Waals surface area contributed by atoms with Crippen LogP contribution in [0.2, 0.25) is 0 Å². The molecule has 1 amide bonds. The number of benzene rings is 3. The molecule has 5 nitrogen and oxygen atoms in total. The maximum atomic E-state index is 13.0. The summed E-state index contributed by atoms with van der Waals surface area (Å²) in [4.78, 5) is 12.5. The van der Waals surface area contributed by atoms with Crippen LogP contribution in [0.4, 0.5) is 4.39 Å². The third-order valence-corrected chi connectivity index (χ3v) is 4.72. The first-order valence-corrected chi connectivity index (χ1v) is 9.81. The van der Waals surface area contributed by atoms with Crippen molar-refractivity contribution in [2.45, 2.75) is 13.0 Å². The van der Waals surface area contributed by atoms with E-state index in [0.717, 1.165) is 22.6 Å². The minimum Gasteiger partial charge on any atom is -0.489 e. The summed E-state index contributed by atoms with van der Waals surface area (Å²) in [5.74, 6) is 1.63. The molecule has 6 heteroatoms. The first-order chi connectivity index (χ1) is 14.7. The van der Waals surface area contributed by atoms with Crippen molar-refractivity contribution < 1.29 is 23.4 Å². The molecule has 0 saturated heterocycles. The number of hydrogen-bond donors (Lipinski definition) is 1. The third kappa shape index (κ3) is 5.08. The van der Waals surface area contributed by atoms with Crippen molar-refractivity contribution in [3.8, 4) is 17.2 Å². The molecule has 0 unspecified atom stereocenters. The second-order valence-electron chi connectivity index (χ2n) is 6.93. The molecule has 0 saturated carbocycles. The lowest BCUT2D eigenvalue weighted by Gasteiger charge is -2.18. The van der Waals surface area contributed by atoms with Crippen LogP contribution in [0.5, 0.6) is 17.2 Å². The molecule has 3 aromatic carbocycles. The van der Waals surface area contributed by atoms with Crippen LogP contribution in [-0.2, 0) is 13.0 Å². The molecule has 0 fully saturated rings. The van der Waals surface area contributed by atoms with E-state index in [-0.39, 0.29) is 11.7 Å². The average Bonchev–Trinajstić information content (AvgIpc) is 2.79. The molecule has 0 atom stereocenters. The number of nitrogens with one attached hydrogen (secondary N) is 1. The lowest BCUT2D eigenvalue weighted by atomic mass is 10.1. The van der Waals surface area contributed by atoms with Crippen LogP contribution in [0, 0.1) is 5.82 Å². The molecule has 30 heavy (non-hydrogen) atoms. The van der Waals surface area contributed by atoms with E-state index in [1.54, 1.807) is 36.4 Å². The van der Waals surface area contributed by atoms with Crippen molar-refractivity contribution in [2.24, 2.45) is 0 Å². The van der Waals surface area contributed by atoms with Crippen LogP contribution >= 0.6 is 0 Å². The molecule has 0 aliphatic carbocycles. The van der Waals surface area contributed by atoms with Crippen LogP contribution in [0.15, 0.2) is 66.7 Å². The molecule has 0 radical (unpaired) electrons. The van der Waals surface area contributed by atoms with Crippen molar-refractivity contribution in [2.75, 3.05) is 19.8 Å². The van der Waals surface area contributed by atoms with Crippen LogP contribution in [0.3, 0.4) is 0 Å². The Morgan fingerprint density at radius 2 is 1.70 bits per heavy atom. The van der Waals surface area contributed by atoms with E-state index in [2.05, 4.69) is 5.32 Å². The second-order valence-corrected chi connectivity index (χ2v) is 6.93. The monoisotopic (exact) mass is 407 g/mol. The normalized spacial score (nSPS) is 12.3. The van der Waals surface area contributed by atoms with E-state index in [1.807, 2.05) is 18.2 Å². The molecule has 1 aliphatic rings. The van der Waals surface area contributed by atoms with Crippen LogP contribution in [0.1, 0.15) is 21.5 Å². The van der Waals surface area contributed by atoms with E-state index in [9.17, 15) is 9.18 Å². The van der Waals surface area contributed by atoms with Crippen molar-refractivity contribution in [1.29, 1.82) is 0 Å². The Morgan fingerprint density at radius 3 is 2.53 bits per heavy atom. The third-order valence-electron chi connectivity index (χ3n) is 4.72. The van der Waals surface area contributed by atoms with Gasteiger partial charge in [0.15, 0.2) is 11.5 Å². The Kier molecular flexibility index (Phi) is 6.13. The summed E-state index contributed by atoms with van der Waals surface area (Å²) in [7, 11) is 0. The van der Waals surface area contributed by atoms with Gasteiger partial charge >= 0.3 is 0 Å². The predicted octanol–water partition coefficient (Wildman–Crippen LogP) is 4.15. The van der Waals surface area contributed by atoms with Crippen LogP contribution < -0.4 is 19.5 Å². The molecule has 1 heterocycles. The fourth-order valence-electron chi connectivity index (χ4n) is 3.14. The van der Waals surface area contributed by atoms with Gasteiger partial charge in [-0.2, -0.15) is 0 Å². The molecule has 0 spiro atoms. The van der Waals surface area contributed by atoms with Gasteiger partial charge < -0.3 is 19.5 Å². The van der Waals surface area contributed by atoms with Gasteiger partial charge in [0.2, 0.25) is 0 Å². The zero-order valence-electron chi connectivity index (χ0n) is 16.4. The van der Waals surface area contributed by atoms with Gasteiger partial charge in [-0.1, -0.05) is 24.3 Å². The lowest BCUT2D eigenvalue weighted by molar-refractivity contribution is 0.0953. The highest BCUT2D eigenvalue weighted by atomic mass is 19.1. The number of carbonyl (C=O) groups excluding carboxylic acids is 1. The molecule has 3 aromatic rings. The summed E-state index contributed by atoms with van der Waals surface area (Å²) < 4.78 is 29.8. The standard InChI is InChI=1S/C24H22FNO4/c25-20-7-4-18(5-8-20)16-30-21-3-1-2-19(15-21)24(27)26-11-10-17-6-9-22-23(14-17)29-13-12-28-22/h1-9,14-15H,10-13,16H2,(H,26,27). The first kappa shape index (κ1) is 19.8. The van der Waals surface area contributed by atoms with Gasteiger partial charge in [-0.05, 0) is 60.0 Å². The topological polar surface area (TPSA) is 56.8 Å². The zero-order valence-corrected chi connectivity index (χ0v) is 16.4. The van der Waals surface area contributed by atoms with E-state index >= 15 is 0 Å². The molecular formula is C24H22FNO4. The van der Waals surface area contributed by atoms with Gasteiger partial charge in [-0.25, -0.2) is 4.39 Å². The van der Waals surface area contributed by atoms with E-state index < -0.39 is 0 Å². The quantitative estimate of drug-likeness (QED) is 0.639. The van der Waals surface area contributed by atoms with Gasteiger partial charge in [0.25, 0.3) is 5.91 Å². The smallest absolute Gasteiger partial charge is 0.251 e. The number of amides is 1. The number of fused-ring (bicyclic) bond motifs is 1. The molecule has 0 bridgehead atoms. The SMILES string of the molecule is O=C(NCCc1ccc2c(c1)OCCO2)c1cccc(OCc2ccc(F)cc2)c1. The summed E-state index contributed by atoms with van der Waals surface area (Å²) in [6, 6.07) is 18.9. The van der Waals surface area contributed by atoms with Gasteiger partial charge in [0, 0.05) is 12.1 Å². The highest BCUT2D eigenvalue weighted by Crippen LogP contribution is 2.30. The summed E-state index contributed by atoms with van der Waals surface area (Å²) in [5, 5.41) is 2.93. The number of hydrogen-bond acceptors (Lipinski definition) is 4. The maximum Gasteiger partial charge on any atom is 0.251 e. The molecule has 0 aromatic heterocycles. The van der Waals surface area contributed by atoms with E-state index in [0.29, 0.717) is 44.1 Å². The Bertz CT molecular complexity index is 1020. The molecule has 1 aliphatic heterocycles. The highest BCUT2D eigenvalue weighted by molar-refractivity contribution is 5.94. The number of carbonyl (C=O) groups is 1. The Hall–Kier alpha value is -3.54. The van der Waals surface area contributed by atoms with Gasteiger partial charge in [-0.3, -0.25) is 4.79 Å². The maximum absolute atomic E-state index is 13.0. The van der Waals surface area contributed by atoms with Crippen LogP contribution in [-0.4, -0.2) is 25.7 Å². The van der Waals surface area contributed by atoms with Crippen LogP contribution in [0.25, 0.3) is 0 Å². The Morgan fingerprint density at radius 1 is 0.933 bits per heavy atom. The Balaban J connectivity index is 1.29. The molecule has 4 rings (SSSR count). The first-order valence-electron chi connectivity index (χ1n) is 9.81. The Labute approximate surface area is 174 Å². The average molecular weight is 407 g/mol. The number of halogens is 1. The molecule has 154 valence electrons. The fraction of sp³-hybridized carbons (Fsp3) is 0.208. The minimum atomic E-state index is -0.284. The zero-order chi connectivity index (χ0) is 20.8. The number of ether oxygens (including phenoxy) is 3. The summed E-state index contributed by atoms with van der Waals surface area (Å²) >= 11 is 0. The highest BCUT2D eigenvalue weighted by Gasteiger charge is 2.12. The molecular weight excluding hydrogens is 385 g/mol. The molecule has 1 N–H and O–H groups in total. The minimum absolute atomic E-state index is 0.167.